The van der Waals surface area contributed by atoms with E-state index in [1.807, 2.05) is 0 Å². The Kier molecular flexibility index (Phi) is 5.12. The van der Waals surface area contributed by atoms with Crippen molar-refractivity contribution in [3.8, 4) is 33.4 Å². The summed E-state index contributed by atoms with van der Waals surface area (Å²) in [5.74, 6) is 0. The van der Waals surface area contributed by atoms with E-state index in [2.05, 4.69) is 159 Å². The van der Waals surface area contributed by atoms with Gasteiger partial charge in [0.2, 0.25) is 0 Å². The van der Waals surface area contributed by atoms with Crippen molar-refractivity contribution >= 4 is 54.3 Å². The van der Waals surface area contributed by atoms with Crippen LogP contribution in [0.15, 0.2) is 150 Å². The van der Waals surface area contributed by atoms with E-state index in [4.69, 9.17) is 4.42 Å². The quantitative estimate of drug-likeness (QED) is 0.184. The SMILES string of the molecule is CC1(C)c2ccccc2-c2c(-c3c4ccccc4c(-c4cccc5oc6c7ccccc7ccc6c45)c4ccccc34)cccc21. The first-order chi connectivity index (χ1) is 22.6. The fraction of sp³-hybridized carbons (Fsp3) is 0.0667. The Morgan fingerprint density at radius 3 is 1.67 bits per heavy atom. The largest absolute Gasteiger partial charge is 0.455 e. The Bertz CT molecular complexity index is 2660. The summed E-state index contributed by atoms with van der Waals surface area (Å²) < 4.78 is 6.65. The number of rotatable bonds is 2. The number of benzene rings is 8. The molecule has 10 rings (SSSR count). The normalized spacial score (nSPS) is 13.6. The van der Waals surface area contributed by atoms with Crippen LogP contribution in [-0.2, 0) is 5.41 Å². The zero-order valence-corrected chi connectivity index (χ0v) is 25.8. The molecule has 1 heteroatoms. The van der Waals surface area contributed by atoms with E-state index < -0.39 is 0 Å². The standard InChI is InChI=1S/C45H30O/c1-45(2)37-22-10-9-19-33(37)42-34(20-11-23-38(42)45)40-29-15-5-7-17-31(29)41(32-18-8-6-16-30(32)40)35-21-12-24-39-43(35)36-26-25-27-13-3-4-14-28(27)44(36)46-39/h3-26H,1-2H3. The van der Waals surface area contributed by atoms with Gasteiger partial charge in [0.1, 0.15) is 11.2 Å². The van der Waals surface area contributed by atoms with Crippen LogP contribution in [0.5, 0.6) is 0 Å². The lowest BCUT2D eigenvalue weighted by molar-refractivity contribution is 0.660. The highest BCUT2D eigenvalue weighted by atomic mass is 16.3. The van der Waals surface area contributed by atoms with Crippen LogP contribution in [0.3, 0.4) is 0 Å². The lowest BCUT2D eigenvalue weighted by Gasteiger charge is -2.22. The molecule has 0 N–H and O–H groups in total. The summed E-state index contributed by atoms with van der Waals surface area (Å²) in [6.45, 7) is 4.72. The molecule has 1 heterocycles. The Hall–Kier alpha value is -5.66. The van der Waals surface area contributed by atoms with Crippen molar-refractivity contribution in [3.63, 3.8) is 0 Å². The first kappa shape index (κ1) is 25.6. The van der Waals surface area contributed by atoms with Crippen molar-refractivity contribution in [2.75, 3.05) is 0 Å². The van der Waals surface area contributed by atoms with Gasteiger partial charge in [0.25, 0.3) is 0 Å². The predicted molar refractivity (Wildman–Crippen MR) is 195 cm³/mol. The second kappa shape index (κ2) is 9.19. The molecule has 0 saturated heterocycles. The Morgan fingerprint density at radius 2 is 0.935 bits per heavy atom. The van der Waals surface area contributed by atoms with Gasteiger partial charge < -0.3 is 4.42 Å². The molecule has 0 amide bonds. The monoisotopic (exact) mass is 586 g/mol. The molecule has 0 atom stereocenters. The van der Waals surface area contributed by atoms with E-state index in [0.29, 0.717) is 0 Å². The van der Waals surface area contributed by atoms with E-state index in [1.165, 1.54) is 76.8 Å². The van der Waals surface area contributed by atoms with Crippen LogP contribution in [0, 0.1) is 0 Å². The minimum atomic E-state index is -0.0599. The fourth-order valence-electron chi connectivity index (χ4n) is 8.43. The Morgan fingerprint density at radius 1 is 0.391 bits per heavy atom. The average Bonchev–Trinajstić information content (AvgIpc) is 3.60. The van der Waals surface area contributed by atoms with Crippen LogP contribution in [-0.4, -0.2) is 0 Å². The van der Waals surface area contributed by atoms with E-state index in [1.54, 1.807) is 0 Å². The summed E-state index contributed by atoms with van der Waals surface area (Å²) in [6, 6.07) is 53.3. The number of hydrogen-bond acceptors (Lipinski definition) is 1. The second-order valence-corrected chi connectivity index (χ2v) is 13.2. The molecule has 8 aromatic carbocycles. The number of hydrogen-bond donors (Lipinski definition) is 0. The lowest BCUT2D eigenvalue weighted by atomic mass is 9.80. The molecule has 0 aliphatic heterocycles. The summed E-state index contributed by atoms with van der Waals surface area (Å²) in [4.78, 5) is 0. The molecule has 9 aromatic rings. The highest BCUT2D eigenvalue weighted by Crippen LogP contribution is 2.55. The molecule has 0 bridgehead atoms. The van der Waals surface area contributed by atoms with Crippen LogP contribution in [0.1, 0.15) is 25.0 Å². The van der Waals surface area contributed by atoms with Crippen molar-refractivity contribution in [1.29, 1.82) is 0 Å². The molecule has 1 aliphatic carbocycles. The van der Waals surface area contributed by atoms with Crippen molar-refractivity contribution in [3.05, 3.63) is 157 Å². The molecule has 0 unspecified atom stereocenters. The van der Waals surface area contributed by atoms with Crippen molar-refractivity contribution < 1.29 is 4.42 Å². The van der Waals surface area contributed by atoms with Crippen LogP contribution >= 0.6 is 0 Å². The molecule has 1 aromatic heterocycles. The summed E-state index contributed by atoms with van der Waals surface area (Å²) in [5, 5.41) is 9.70. The topological polar surface area (TPSA) is 13.1 Å². The Labute approximate surface area is 267 Å². The van der Waals surface area contributed by atoms with E-state index >= 15 is 0 Å². The van der Waals surface area contributed by atoms with Crippen molar-refractivity contribution in [2.45, 2.75) is 19.3 Å². The average molecular weight is 587 g/mol. The third-order valence-corrected chi connectivity index (χ3v) is 10.5. The highest BCUT2D eigenvalue weighted by molar-refractivity contribution is 6.27. The summed E-state index contributed by atoms with van der Waals surface area (Å²) in [7, 11) is 0. The maximum absolute atomic E-state index is 6.65. The lowest BCUT2D eigenvalue weighted by Crippen LogP contribution is -2.14. The summed E-state index contributed by atoms with van der Waals surface area (Å²) in [6.07, 6.45) is 0. The first-order valence-electron chi connectivity index (χ1n) is 16.1. The van der Waals surface area contributed by atoms with Gasteiger partial charge in [0.15, 0.2) is 0 Å². The predicted octanol–water partition coefficient (Wildman–Crippen LogP) is 12.7. The van der Waals surface area contributed by atoms with Crippen LogP contribution in [0.2, 0.25) is 0 Å². The van der Waals surface area contributed by atoms with Gasteiger partial charge in [-0.05, 0) is 83.6 Å². The smallest absolute Gasteiger partial charge is 0.143 e. The van der Waals surface area contributed by atoms with Gasteiger partial charge in [-0.3, -0.25) is 0 Å². The van der Waals surface area contributed by atoms with Crippen LogP contribution in [0.25, 0.3) is 87.6 Å². The molecule has 46 heavy (non-hydrogen) atoms. The number of furan rings is 1. The molecule has 0 saturated carbocycles. The molecule has 1 aliphatic rings. The van der Waals surface area contributed by atoms with Crippen molar-refractivity contribution in [2.24, 2.45) is 0 Å². The van der Waals surface area contributed by atoms with Gasteiger partial charge in [-0.15, -0.1) is 0 Å². The van der Waals surface area contributed by atoms with E-state index in [0.717, 1.165) is 21.9 Å². The minimum Gasteiger partial charge on any atom is -0.455 e. The van der Waals surface area contributed by atoms with Gasteiger partial charge in [0, 0.05) is 21.6 Å². The zero-order chi connectivity index (χ0) is 30.6. The molecule has 0 fully saturated rings. The maximum Gasteiger partial charge on any atom is 0.143 e. The number of fused-ring (bicyclic) bond motifs is 10. The molecule has 0 spiro atoms. The first-order valence-corrected chi connectivity index (χ1v) is 16.1. The summed E-state index contributed by atoms with van der Waals surface area (Å²) in [5.41, 5.74) is 12.4. The van der Waals surface area contributed by atoms with Gasteiger partial charge >= 0.3 is 0 Å². The Balaban J connectivity index is 1.35. The zero-order valence-electron chi connectivity index (χ0n) is 25.8. The molecule has 216 valence electrons. The fourth-order valence-corrected chi connectivity index (χ4v) is 8.43. The summed E-state index contributed by atoms with van der Waals surface area (Å²) >= 11 is 0. The van der Waals surface area contributed by atoms with Crippen LogP contribution < -0.4 is 0 Å². The van der Waals surface area contributed by atoms with E-state index in [9.17, 15) is 0 Å². The van der Waals surface area contributed by atoms with Gasteiger partial charge in [-0.1, -0.05) is 147 Å². The van der Waals surface area contributed by atoms with Crippen molar-refractivity contribution in [1.82, 2.24) is 0 Å². The maximum atomic E-state index is 6.65. The molecule has 0 radical (unpaired) electrons. The van der Waals surface area contributed by atoms with Gasteiger partial charge in [-0.2, -0.15) is 0 Å². The highest BCUT2D eigenvalue weighted by Gasteiger charge is 2.37. The molecule has 1 nitrogen and oxygen atoms in total. The van der Waals surface area contributed by atoms with Gasteiger partial charge in [-0.25, -0.2) is 0 Å². The van der Waals surface area contributed by atoms with Gasteiger partial charge in [0.05, 0.1) is 0 Å². The van der Waals surface area contributed by atoms with Crippen LogP contribution in [0.4, 0.5) is 0 Å². The second-order valence-electron chi connectivity index (χ2n) is 13.2. The van der Waals surface area contributed by atoms with E-state index in [-0.39, 0.29) is 5.41 Å². The third-order valence-electron chi connectivity index (χ3n) is 10.5. The minimum absolute atomic E-state index is 0.0599. The molecular formula is C45H30O. The third kappa shape index (κ3) is 3.30. The molecular weight excluding hydrogens is 556 g/mol.